The molecule has 0 unspecified atom stereocenters. The summed E-state index contributed by atoms with van der Waals surface area (Å²) in [6, 6.07) is 2.98. The first-order valence-corrected chi connectivity index (χ1v) is 8.57. The van der Waals surface area contributed by atoms with Crippen molar-refractivity contribution >= 4 is 28.9 Å². The first kappa shape index (κ1) is 17.3. The molecule has 2 aliphatic rings. The van der Waals surface area contributed by atoms with E-state index < -0.39 is 18.0 Å². The topological polar surface area (TPSA) is 81.3 Å². The van der Waals surface area contributed by atoms with Gasteiger partial charge in [-0.3, -0.25) is 0 Å². The minimum Gasteiger partial charge on any atom is -0.467 e. The molecular formula is C17H18N2O5S. The van der Waals surface area contributed by atoms with Crippen LogP contribution < -0.4 is 0 Å². The Morgan fingerprint density at radius 1 is 1.36 bits per heavy atom. The molecule has 1 aromatic heterocycles. The van der Waals surface area contributed by atoms with Gasteiger partial charge >= 0.3 is 11.9 Å². The molecular weight excluding hydrogens is 344 g/mol. The van der Waals surface area contributed by atoms with Crippen molar-refractivity contribution in [3.8, 4) is 0 Å². The van der Waals surface area contributed by atoms with E-state index >= 15 is 0 Å². The van der Waals surface area contributed by atoms with Crippen LogP contribution >= 0.6 is 11.8 Å². The van der Waals surface area contributed by atoms with Gasteiger partial charge in [0, 0.05) is 5.70 Å². The number of carbonyl (C=O) groups excluding carboxylic acids is 2. The Kier molecular flexibility index (Phi) is 4.71. The van der Waals surface area contributed by atoms with Gasteiger partial charge < -0.3 is 18.8 Å². The number of fused-ring (bicyclic) bond motifs is 1. The number of allylic oxidation sites excluding steroid dienone is 2. The Hall–Kier alpha value is -2.48. The van der Waals surface area contributed by atoms with Gasteiger partial charge in [0.1, 0.15) is 16.7 Å². The Morgan fingerprint density at radius 3 is 2.72 bits per heavy atom. The van der Waals surface area contributed by atoms with E-state index in [1.54, 1.807) is 39.2 Å². The lowest BCUT2D eigenvalue weighted by Gasteiger charge is -2.33. The summed E-state index contributed by atoms with van der Waals surface area (Å²) < 4.78 is 15.6. The van der Waals surface area contributed by atoms with Gasteiger partial charge in [0.15, 0.2) is 5.17 Å². The fourth-order valence-corrected chi connectivity index (χ4v) is 3.94. The van der Waals surface area contributed by atoms with Crippen LogP contribution in [0.3, 0.4) is 0 Å². The molecule has 3 rings (SSSR count). The number of amidine groups is 1. The molecule has 0 radical (unpaired) electrons. The molecule has 0 bridgehead atoms. The van der Waals surface area contributed by atoms with E-state index in [9.17, 15) is 9.59 Å². The lowest BCUT2D eigenvalue weighted by atomic mass is 9.99. The van der Waals surface area contributed by atoms with E-state index in [1.807, 2.05) is 4.90 Å². The van der Waals surface area contributed by atoms with Crippen LogP contribution in [-0.2, 0) is 19.1 Å². The number of hydrogen-bond acceptors (Lipinski definition) is 8. The van der Waals surface area contributed by atoms with E-state index in [2.05, 4.69) is 4.99 Å². The maximum Gasteiger partial charge on any atom is 0.346 e. The summed E-state index contributed by atoms with van der Waals surface area (Å²) in [4.78, 5) is 31.4. The van der Waals surface area contributed by atoms with Crippen LogP contribution in [0.15, 0.2) is 49.7 Å². The van der Waals surface area contributed by atoms with Crippen LogP contribution in [0.1, 0.15) is 32.6 Å². The molecule has 3 heterocycles. The standard InChI is InChI=1S/C17H18N2O5S/c1-5-23-16(21)14-10(3)19-13(11-7-6-8-24-11)12(15(20)22-4)9(2)18-17(19)25-14/h6-8,13H,5H2,1-4H3/t13-/m0/s1. The molecule has 2 aliphatic heterocycles. The number of thioether (sulfide) groups is 1. The third-order valence-corrected chi connectivity index (χ3v) is 5.09. The Labute approximate surface area is 149 Å². The fourth-order valence-electron chi connectivity index (χ4n) is 2.85. The summed E-state index contributed by atoms with van der Waals surface area (Å²) in [5.41, 5.74) is 1.58. The van der Waals surface area contributed by atoms with E-state index in [4.69, 9.17) is 13.9 Å². The highest BCUT2D eigenvalue weighted by Gasteiger charge is 2.44. The highest BCUT2D eigenvalue weighted by Crippen LogP contribution is 2.47. The summed E-state index contributed by atoms with van der Waals surface area (Å²) >= 11 is 1.23. The van der Waals surface area contributed by atoms with Gasteiger partial charge in [-0.05, 0) is 44.7 Å². The maximum absolute atomic E-state index is 12.4. The van der Waals surface area contributed by atoms with Gasteiger partial charge in [-0.25, -0.2) is 14.6 Å². The second kappa shape index (κ2) is 6.79. The monoisotopic (exact) mass is 362 g/mol. The van der Waals surface area contributed by atoms with Gasteiger partial charge in [-0.1, -0.05) is 0 Å². The second-order valence-corrected chi connectivity index (χ2v) is 6.39. The smallest absolute Gasteiger partial charge is 0.346 e. The predicted octanol–water partition coefficient (Wildman–Crippen LogP) is 2.98. The minimum atomic E-state index is -0.547. The number of ether oxygens (including phenoxy) is 2. The van der Waals surface area contributed by atoms with Crippen molar-refractivity contribution < 1.29 is 23.5 Å². The molecule has 0 saturated carbocycles. The van der Waals surface area contributed by atoms with Crippen LogP contribution in [0.4, 0.5) is 0 Å². The number of methoxy groups -OCH3 is 1. The lowest BCUT2D eigenvalue weighted by molar-refractivity contribution is -0.138. The van der Waals surface area contributed by atoms with Crippen LogP contribution in [0.2, 0.25) is 0 Å². The number of hydrogen-bond donors (Lipinski definition) is 0. The molecule has 0 saturated heterocycles. The van der Waals surface area contributed by atoms with Gasteiger partial charge in [0.05, 0.1) is 31.2 Å². The van der Waals surface area contributed by atoms with Gasteiger partial charge in [-0.2, -0.15) is 0 Å². The Morgan fingerprint density at radius 2 is 2.12 bits per heavy atom. The predicted molar refractivity (Wildman–Crippen MR) is 92.4 cm³/mol. The minimum absolute atomic E-state index is 0.287. The number of aliphatic imine (C=N–C) groups is 1. The number of carbonyl (C=O) groups is 2. The normalized spacial score (nSPS) is 19.8. The van der Waals surface area contributed by atoms with Gasteiger partial charge in [0.25, 0.3) is 0 Å². The Balaban J connectivity index is 2.12. The van der Waals surface area contributed by atoms with Crippen molar-refractivity contribution in [1.82, 2.24) is 4.90 Å². The molecule has 25 heavy (non-hydrogen) atoms. The number of nitrogens with zero attached hydrogens (tertiary/aromatic N) is 2. The van der Waals surface area contributed by atoms with Crippen molar-refractivity contribution in [2.75, 3.05) is 13.7 Å². The van der Waals surface area contributed by atoms with E-state index in [0.29, 0.717) is 32.8 Å². The highest BCUT2D eigenvalue weighted by molar-refractivity contribution is 8.18. The Bertz CT molecular complexity index is 807. The fraction of sp³-hybridized carbons (Fsp3) is 0.353. The van der Waals surface area contributed by atoms with Crippen LogP contribution in [0.25, 0.3) is 0 Å². The lowest BCUT2D eigenvalue weighted by Crippen LogP contribution is -2.35. The molecule has 0 aromatic carbocycles. The van der Waals surface area contributed by atoms with Crippen molar-refractivity contribution in [2.24, 2.45) is 4.99 Å². The molecule has 7 nitrogen and oxygen atoms in total. The van der Waals surface area contributed by atoms with E-state index in [1.165, 1.54) is 18.9 Å². The quantitative estimate of drug-likeness (QED) is 0.762. The second-order valence-electron chi connectivity index (χ2n) is 5.41. The zero-order valence-electron chi connectivity index (χ0n) is 14.4. The molecule has 1 aromatic rings. The van der Waals surface area contributed by atoms with Crippen molar-refractivity contribution in [1.29, 1.82) is 0 Å². The zero-order chi connectivity index (χ0) is 18.1. The van der Waals surface area contributed by atoms with Gasteiger partial charge in [-0.15, -0.1) is 0 Å². The summed E-state index contributed by atoms with van der Waals surface area (Å²) in [6.07, 6.45) is 1.54. The highest BCUT2D eigenvalue weighted by atomic mass is 32.2. The average molecular weight is 362 g/mol. The molecule has 0 spiro atoms. The van der Waals surface area contributed by atoms with Crippen molar-refractivity contribution in [3.05, 3.63) is 46.0 Å². The molecule has 132 valence electrons. The van der Waals surface area contributed by atoms with Crippen molar-refractivity contribution in [3.63, 3.8) is 0 Å². The largest absolute Gasteiger partial charge is 0.467 e. The number of furan rings is 1. The van der Waals surface area contributed by atoms with Crippen LogP contribution in [0.5, 0.6) is 0 Å². The third-order valence-electron chi connectivity index (χ3n) is 3.95. The summed E-state index contributed by atoms with van der Waals surface area (Å²) in [5.74, 6) is -0.321. The molecule has 0 aliphatic carbocycles. The van der Waals surface area contributed by atoms with Crippen LogP contribution in [-0.4, -0.2) is 35.7 Å². The average Bonchev–Trinajstić information content (AvgIpc) is 3.22. The molecule has 0 fully saturated rings. The first-order chi connectivity index (χ1) is 12.0. The van der Waals surface area contributed by atoms with Gasteiger partial charge in [0.2, 0.25) is 0 Å². The molecule has 0 N–H and O–H groups in total. The molecule has 8 heteroatoms. The third kappa shape index (κ3) is 2.86. The summed E-state index contributed by atoms with van der Waals surface area (Å²) in [6.45, 7) is 5.58. The summed E-state index contributed by atoms with van der Waals surface area (Å²) in [5, 5.41) is 0.604. The maximum atomic E-state index is 12.4. The SMILES string of the molecule is CCOC(=O)C1=C(C)N2C(=NC(C)=C(C(=O)OC)[C@@H]2c2ccco2)S1. The number of rotatable bonds is 4. The van der Waals surface area contributed by atoms with E-state index in [0.717, 1.165) is 0 Å². The summed E-state index contributed by atoms with van der Waals surface area (Å²) in [7, 11) is 1.33. The van der Waals surface area contributed by atoms with Crippen molar-refractivity contribution in [2.45, 2.75) is 26.8 Å². The molecule has 1 atom stereocenters. The van der Waals surface area contributed by atoms with E-state index in [-0.39, 0.29) is 6.61 Å². The zero-order valence-corrected chi connectivity index (χ0v) is 15.2. The van der Waals surface area contributed by atoms with Crippen LogP contribution in [0, 0.1) is 0 Å². The first-order valence-electron chi connectivity index (χ1n) is 7.75. The molecule has 0 amide bonds. The number of esters is 2.